The van der Waals surface area contributed by atoms with E-state index < -0.39 is 0 Å². The first-order valence-corrected chi connectivity index (χ1v) is 7.11. The molecule has 92 valence electrons. The zero-order chi connectivity index (χ0) is 13.0. The fraction of sp³-hybridized carbons (Fsp3) is 0. The highest BCUT2D eigenvalue weighted by Gasteiger charge is 2.23. The second-order valence-corrected chi connectivity index (χ2v) is 5.76. The van der Waals surface area contributed by atoms with E-state index in [1.54, 1.807) is 0 Å². The number of para-hydroxylation sites is 1. The lowest BCUT2D eigenvalue weighted by Gasteiger charge is -2.22. The number of halogens is 2. The minimum atomic E-state index is 0.640. The van der Waals surface area contributed by atoms with E-state index in [1.165, 1.54) is 0 Å². The van der Waals surface area contributed by atoms with Crippen LogP contribution >= 0.6 is 27.5 Å². The minimum Gasteiger partial charge on any atom is -0.454 e. The van der Waals surface area contributed by atoms with Crippen LogP contribution in [0.2, 0.25) is 5.02 Å². The fourth-order valence-corrected chi connectivity index (χ4v) is 3.31. The molecule has 0 aliphatic carbocycles. The van der Waals surface area contributed by atoms with Crippen molar-refractivity contribution in [1.29, 1.82) is 0 Å². The Bertz CT molecular complexity index is 821. The number of rotatable bonds is 0. The lowest BCUT2D eigenvalue weighted by Crippen LogP contribution is -1.98. The maximum atomic E-state index is 6.29. The molecule has 0 amide bonds. The van der Waals surface area contributed by atoms with Gasteiger partial charge in [-0.05, 0) is 23.6 Å². The van der Waals surface area contributed by atoms with Gasteiger partial charge in [0.15, 0.2) is 5.75 Å². The van der Waals surface area contributed by atoms with Gasteiger partial charge < -0.3 is 4.74 Å². The third-order valence-electron chi connectivity index (χ3n) is 3.41. The smallest absolute Gasteiger partial charge is 0.154 e. The molecule has 0 fully saturated rings. The van der Waals surface area contributed by atoms with E-state index in [9.17, 15) is 0 Å². The summed E-state index contributed by atoms with van der Waals surface area (Å²) in [6.07, 6.45) is 0. The Labute approximate surface area is 123 Å². The van der Waals surface area contributed by atoms with E-state index in [0.29, 0.717) is 5.02 Å². The number of ether oxygens (including phenoxy) is 1. The van der Waals surface area contributed by atoms with E-state index in [2.05, 4.69) is 34.1 Å². The highest BCUT2D eigenvalue weighted by atomic mass is 79.9. The van der Waals surface area contributed by atoms with Crippen LogP contribution in [0.5, 0.6) is 11.5 Å². The maximum absolute atomic E-state index is 6.29. The Morgan fingerprint density at radius 3 is 2.63 bits per heavy atom. The zero-order valence-corrected chi connectivity index (χ0v) is 12.1. The van der Waals surface area contributed by atoms with E-state index in [1.807, 2.05) is 30.3 Å². The summed E-state index contributed by atoms with van der Waals surface area (Å²) in [5.41, 5.74) is 2.24. The Hall–Kier alpha value is -1.51. The highest BCUT2D eigenvalue weighted by Crippen LogP contribution is 2.51. The first-order chi connectivity index (χ1) is 9.25. The first-order valence-electron chi connectivity index (χ1n) is 5.93. The second-order valence-electron chi connectivity index (χ2n) is 4.50. The van der Waals surface area contributed by atoms with Crippen LogP contribution in [0.4, 0.5) is 0 Å². The molecule has 0 N–H and O–H groups in total. The average molecular weight is 332 g/mol. The van der Waals surface area contributed by atoms with Gasteiger partial charge in [0.2, 0.25) is 0 Å². The average Bonchev–Trinajstić information content (AvgIpc) is 2.44. The van der Waals surface area contributed by atoms with Crippen LogP contribution < -0.4 is 4.74 Å². The molecule has 1 nitrogen and oxygen atoms in total. The standard InChI is InChI=1S/C16H8BrClO/c17-11-7-5-9-6-8-12(18)16-14(9)15(11)10-3-1-2-4-13(10)19-16/h1-8H. The van der Waals surface area contributed by atoms with Gasteiger partial charge in [-0.15, -0.1) is 0 Å². The SMILES string of the molecule is Clc1ccc2ccc(Br)c3c2c1Oc1ccccc1-3. The van der Waals surface area contributed by atoms with Gasteiger partial charge in [-0.25, -0.2) is 0 Å². The molecule has 0 saturated carbocycles. The van der Waals surface area contributed by atoms with Crippen molar-refractivity contribution in [2.24, 2.45) is 0 Å². The van der Waals surface area contributed by atoms with E-state index >= 15 is 0 Å². The van der Waals surface area contributed by atoms with E-state index in [0.717, 1.165) is 37.9 Å². The Balaban J connectivity index is 2.26. The Morgan fingerprint density at radius 2 is 1.74 bits per heavy atom. The quantitative estimate of drug-likeness (QED) is 0.382. The summed E-state index contributed by atoms with van der Waals surface area (Å²) < 4.78 is 7.04. The molecule has 1 aliphatic heterocycles. The van der Waals surface area contributed by atoms with Gasteiger partial charge in [-0.2, -0.15) is 0 Å². The van der Waals surface area contributed by atoms with Gasteiger partial charge in [0.25, 0.3) is 0 Å². The second kappa shape index (κ2) is 3.99. The molecule has 0 saturated heterocycles. The van der Waals surface area contributed by atoms with Gasteiger partial charge in [0.05, 0.1) is 5.02 Å². The molecule has 0 aromatic heterocycles. The number of hydrogen-bond acceptors (Lipinski definition) is 1. The largest absolute Gasteiger partial charge is 0.454 e. The van der Waals surface area contributed by atoms with Crippen molar-refractivity contribution in [2.45, 2.75) is 0 Å². The molecule has 3 heteroatoms. The molecular weight excluding hydrogens is 324 g/mol. The molecule has 0 radical (unpaired) electrons. The normalized spacial score (nSPS) is 12.1. The van der Waals surface area contributed by atoms with Crippen molar-refractivity contribution in [1.82, 2.24) is 0 Å². The summed E-state index contributed by atoms with van der Waals surface area (Å²) in [5, 5.41) is 2.84. The number of benzene rings is 3. The van der Waals surface area contributed by atoms with Gasteiger partial charge in [0, 0.05) is 21.0 Å². The number of hydrogen-bond donors (Lipinski definition) is 0. The molecule has 3 aromatic carbocycles. The fourth-order valence-electron chi connectivity index (χ4n) is 2.57. The topological polar surface area (TPSA) is 9.23 Å². The zero-order valence-electron chi connectivity index (χ0n) is 9.78. The van der Waals surface area contributed by atoms with Crippen LogP contribution in [0.1, 0.15) is 0 Å². The van der Waals surface area contributed by atoms with Crippen molar-refractivity contribution < 1.29 is 4.74 Å². The van der Waals surface area contributed by atoms with Crippen LogP contribution in [0, 0.1) is 0 Å². The molecule has 1 heterocycles. The van der Waals surface area contributed by atoms with Crippen LogP contribution in [-0.2, 0) is 0 Å². The summed E-state index contributed by atoms with van der Waals surface area (Å²) in [4.78, 5) is 0. The molecule has 0 atom stereocenters. The molecular formula is C16H8BrClO. The molecule has 3 aromatic rings. The highest BCUT2D eigenvalue weighted by molar-refractivity contribution is 9.10. The van der Waals surface area contributed by atoms with Crippen LogP contribution in [0.3, 0.4) is 0 Å². The van der Waals surface area contributed by atoms with Crippen LogP contribution in [0.25, 0.3) is 21.9 Å². The molecule has 1 aliphatic rings. The van der Waals surface area contributed by atoms with Crippen molar-refractivity contribution >= 4 is 38.3 Å². The predicted molar refractivity (Wildman–Crippen MR) is 82.2 cm³/mol. The summed E-state index contributed by atoms with van der Waals surface area (Å²) in [6.45, 7) is 0. The molecule has 0 unspecified atom stereocenters. The first kappa shape index (κ1) is 11.3. The monoisotopic (exact) mass is 330 g/mol. The van der Waals surface area contributed by atoms with Crippen LogP contribution in [-0.4, -0.2) is 0 Å². The molecule has 4 rings (SSSR count). The predicted octanol–water partition coefficient (Wildman–Crippen LogP) is 6.03. The van der Waals surface area contributed by atoms with E-state index in [-0.39, 0.29) is 0 Å². The third kappa shape index (κ3) is 1.54. The third-order valence-corrected chi connectivity index (χ3v) is 4.37. The van der Waals surface area contributed by atoms with Crippen molar-refractivity contribution in [2.75, 3.05) is 0 Å². The summed E-state index contributed by atoms with van der Waals surface area (Å²) in [7, 11) is 0. The number of fused-ring (bicyclic) bond motifs is 2. The summed E-state index contributed by atoms with van der Waals surface area (Å²) in [6, 6.07) is 16.1. The lowest BCUT2D eigenvalue weighted by molar-refractivity contribution is 0.487. The van der Waals surface area contributed by atoms with Crippen molar-refractivity contribution in [3.8, 4) is 22.6 Å². The Kier molecular flexibility index (Phi) is 2.38. The summed E-state index contributed by atoms with van der Waals surface area (Å²) >= 11 is 9.93. The lowest BCUT2D eigenvalue weighted by atomic mass is 9.95. The van der Waals surface area contributed by atoms with Crippen LogP contribution in [0.15, 0.2) is 53.0 Å². The van der Waals surface area contributed by atoms with Gasteiger partial charge in [-0.1, -0.05) is 57.9 Å². The van der Waals surface area contributed by atoms with Crippen molar-refractivity contribution in [3.63, 3.8) is 0 Å². The van der Waals surface area contributed by atoms with Crippen molar-refractivity contribution in [3.05, 3.63) is 58.0 Å². The Morgan fingerprint density at radius 1 is 0.947 bits per heavy atom. The van der Waals surface area contributed by atoms with Gasteiger partial charge in [-0.3, -0.25) is 0 Å². The molecule has 0 bridgehead atoms. The van der Waals surface area contributed by atoms with E-state index in [4.69, 9.17) is 16.3 Å². The summed E-state index contributed by atoms with van der Waals surface area (Å²) in [5.74, 6) is 1.59. The van der Waals surface area contributed by atoms with Gasteiger partial charge >= 0.3 is 0 Å². The maximum Gasteiger partial charge on any atom is 0.154 e. The van der Waals surface area contributed by atoms with Gasteiger partial charge in [0.1, 0.15) is 5.75 Å². The molecule has 19 heavy (non-hydrogen) atoms. The molecule has 0 spiro atoms. The minimum absolute atomic E-state index is 0.640.